The van der Waals surface area contributed by atoms with Gasteiger partial charge in [-0.1, -0.05) is 6.42 Å². The van der Waals surface area contributed by atoms with E-state index in [0.29, 0.717) is 6.04 Å². The Morgan fingerprint density at radius 3 is 2.39 bits per heavy atom. The maximum absolute atomic E-state index is 11.1. The van der Waals surface area contributed by atoms with Crippen LogP contribution in [0.5, 0.6) is 0 Å². The topological polar surface area (TPSA) is 55.1 Å². The smallest absolute Gasteiger partial charge is 0.220 e. The molecule has 0 saturated heterocycles. The summed E-state index contributed by atoms with van der Waals surface area (Å²) in [5, 5.41) is 3.76. The van der Waals surface area contributed by atoms with Crippen LogP contribution in [0.4, 0.5) is 0 Å². The number of rotatable bonds is 4. The molecule has 0 aromatic carbocycles. The van der Waals surface area contributed by atoms with E-state index < -0.39 is 0 Å². The van der Waals surface area contributed by atoms with Crippen LogP contribution in [0.15, 0.2) is 0 Å². The van der Waals surface area contributed by atoms with Crippen LogP contribution in [0.1, 0.15) is 51.4 Å². The molecular formula is C15H26N2O. The molecule has 3 N–H and O–H groups in total. The summed E-state index contributed by atoms with van der Waals surface area (Å²) in [6.45, 7) is 1.22. The molecule has 1 amide bonds. The molecule has 2 bridgehead atoms. The van der Waals surface area contributed by atoms with Crippen molar-refractivity contribution in [1.82, 2.24) is 5.32 Å². The first-order valence-corrected chi connectivity index (χ1v) is 7.75. The molecule has 3 fully saturated rings. The Hall–Kier alpha value is -0.570. The van der Waals surface area contributed by atoms with E-state index in [4.69, 9.17) is 5.73 Å². The van der Waals surface area contributed by atoms with Crippen LogP contribution in [0.2, 0.25) is 0 Å². The SMILES string of the molecule is NC(=O)C1CCC(NCC2CC3CCC2C3)CC1. The second-order valence-electron chi connectivity index (χ2n) is 6.79. The van der Waals surface area contributed by atoms with Gasteiger partial charge in [0.1, 0.15) is 0 Å². The van der Waals surface area contributed by atoms with Crippen molar-refractivity contribution in [3.8, 4) is 0 Å². The number of carbonyl (C=O) groups is 1. The van der Waals surface area contributed by atoms with Crippen molar-refractivity contribution in [2.45, 2.75) is 57.4 Å². The number of amides is 1. The number of carbonyl (C=O) groups excluding carboxylic acids is 1. The highest BCUT2D eigenvalue weighted by Gasteiger charge is 2.39. The van der Waals surface area contributed by atoms with Gasteiger partial charge < -0.3 is 11.1 Å². The molecule has 3 heteroatoms. The standard InChI is InChI=1S/C15H26N2O/c16-15(18)11-3-5-14(6-4-11)17-9-13-8-10-1-2-12(13)7-10/h10-14,17H,1-9H2,(H2,16,18). The lowest BCUT2D eigenvalue weighted by atomic mass is 9.84. The molecule has 3 aliphatic carbocycles. The van der Waals surface area contributed by atoms with Gasteiger partial charge in [0, 0.05) is 12.0 Å². The maximum atomic E-state index is 11.1. The van der Waals surface area contributed by atoms with E-state index in [1.54, 1.807) is 0 Å². The average molecular weight is 250 g/mol. The normalized spacial score (nSPS) is 43.2. The fraction of sp³-hybridized carbons (Fsp3) is 0.933. The van der Waals surface area contributed by atoms with Gasteiger partial charge in [-0.3, -0.25) is 4.79 Å². The molecule has 0 aromatic heterocycles. The summed E-state index contributed by atoms with van der Waals surface area (Å²) in [5.41, 5.74) is 5.37. The molecule has 3 saturated carbocycles. The summed E-state index contributed by atoms with van der Waals surface area (Å²) in [6, 6.07) is 0.639. The van der Waals surface area contributed by atoms with Gasteiger partial charge in [0.25, 0.3) is 0 Å². The fourth-order valence-corrected chi connectivity index (χ4v) is 4.53. The van der Waals surface area contributed by atoms with Crippen LogP contribution < -0.4 is 11.1 Å². The predicted molar refractivity (Wildman–Crippen MR) is 71.9 cm³/mol. The molecule has 0 spiro atoms. The van der Waals surface area contributed by atoms with Crippen molar-refractivity contribution in [1.29, 1.82) is 0 Å². The van der Waals surface area contributed by atoms with Gasteiger partial charge in [-0.05, 0) is 69.2 Å². The lowest BCUT2D eigenvalue weighted by Gasteiger charge is -2.30. The number of nitrogens with one attached hydrogen (secondary N) is 1. The molecule has 3 rings (SSSR count). The number of nitrogens with two attached hydrogens (primary N) is 1. The third-order valence-electron chi connectivity index (χ3n) is 5.68. The van der Waals surface area contributed by atoms with E-state index in [2.05, 4.69) is 5.32 Å². The fourth-order valence-electron chi connectivity index (χ4n) is 4.53. The zero-order chi connectivity index (χ0) is 12.5. The van der Waals surface area contributed by atoms with Crippen LogP contribution in [-0.2, 0) is 4.79 Å². The Balaban J connectivity index is 1.38. The van der Waals surface area contributed by atoms with Crippen molar-refractivity contribution in [3.63, 3.8) is 0 Å². The minimum absolute atomic E-state index is 0.0958. The van der Waals surface area contributed by atoms with E-state index >= 15 is 0 Å². The van der Waals surface area contributed by atoms with Crippen molar-refractivity contribution in [2.75, 3.05) is 6.54 Å². The zero-order valence-electron chi connectivity index (χ0n) is 11.2. The third-order valence-corrected chi connectivity index (χ3v) is 5.68. The van der Waals surface area contributed by atoms with Crippen molar-refractivity contribution < 1.29 is 4.79 Å². The van der Waals surface area contributed by atoms with Crippen molar-refractivity contribution in [3.05, 3.63) is 0 Å². The maximum Gasteiger partial charge on any atom is 0.220 e. The molecular weight excluding hydrogens is 224 g/mol. The van der Waals surface area contributed by atoms with E-state index in [-0.39, 0.29) is 11.8 Å². The van der Waals surface area contributed by atoms with Gasteiger partial charge in [0.2, 0.25) is 5.91 Å². The molecule has 0 aliphatic heterocycles. The minimum atomic E-state index is -0.0958. The summed E-state index contributed by atoms with van der Waals surface area (Å²) >= 11 is 0. The van der Waals surface area contributed by atoms with Gasteiger partial charge in [-0.25, -0.2) is 0 Å². The van der Waals surface area contributed by atoms with Gasteiger partial charge in [-0.15, -0.1) is 0 Å². The Morgan fingerprint density at radius 2 is 1.83 bits per heavy atom. The van der Waals surface area contributed by atoms with Gasteiger partial charge in [-0.2, -0.15) is 0 Å². The summed E-state index contributed by atoms with van der Waals surface area (Å²) < 4.78 is 0. The molecule has 102 valence electrons. The quantitative estimate of drug-likeness (QED) is 0.802. The number of fused-ring (bicyclic) bond motifs is 2. The van der Waals surface area contributed by atoms with Gasteiger partial charge >= 0.3 is 0 Å². The molecule has 3 nitrogen and oxygen atoms in total. The van der Waals surface area contributed by atoms with Crippen LogP contribution >= 0.6 is 0 Å². The first kappa shape index (κ1) is 12.5. The molecule has 3 aliphatic rings. The Morgan fingerprint density at radius 1 is 1.06 bits per heavy atom. The second kappa shape index (κ2) is 5.20. The average Bonchev–Trinajstić information content (AvgIpc) is 2.99. The summed E-state index contributed by atoms with van der Waals surface area (Å²) in [6.07, 6.45) is 10.2. The monoisotopic (exact) mass is 250 g/mol. The molecule has 18 heavy (non-hydrogen) atoms. The van der Waals surface area contributed by atoms with Crippen LogP contribution in [0, 0.1) is 23.7 Å². The summed E-state index contributed by atoms with van der Waals surface area (Å²) in [7, 11) is 0. The zero-order valence-corrected chi connectivity index (χ0v) is 11.2. The Labute approximate surface area is 110 Å². The Kier molecular flexibility index (Phi) is 3.60. The highest BCUT2D eigenvalue weighted by atomic mass is 16.1. The van der Waals surface area contributed by atoms with Gasteiger partial charge in [0.05, 0.1) is 0 Å². The number of primary amides is 1. The molecule has 3 atom stereocenters. The first-order chi connectivity index (χ1) is 8.72. The van der Waals surface area contributed by atoms with E-state index in [0.717, 1.165) is 43.4 Å². The van der Waals surface area contributed by atoms with E-state index in [1.165, 1.54) is 32.2 Å². The first-order valence-electron chi connectivity index (χ1n) is 7.75. The highest BCUT2D eigenvalue weighted by molar-refractivity contribution is 5.76. The number of hydrogen-bond donors (Lipinski definition) is 2. The van der Waals surface area contributed by atoms with Crippen molar-refractivity contribution >= 4 is 5.91 Å². The number of hydrogen-bond acceptors (Lipinski definition) is 2. The molecule has 0 heterocycles. The minimum Gasteiger partial charge on any atom is -0.369 e. The van der Waals surface area contributed by atoms with Crippen LogP contribution in [0.3, 0.4) is 0 Å². The lowest BCUT2D eigenvalue weighted by Crippen LogP contribution is -2.39. The molecule has 3 unspecified atom stereocenters. The van der Waals surface area contributed by atoms with Gasteiger partial charge in [0.15, 0.2) is 0 Å². The molecule has 0 radical (unpaired) electrons. The van der Waals surface area contributed by atoms with Crippen LogP contribution in [-0.4, -0.2) is 18.5 Å². The largest absolute Gasteiger partial charge is 0.369 e. The van der Waals surface area contributed by atoms with E-state index in [1.807, 2.05) is 0 Å². The third kappa shape index (κ3) is 2.56. The predicted octanol–water partition coefficient (Wildman–Crippen LogP) is 2.06. The molecule has 0 aromatic rings. The lowest BCUT2D eigenvalue weighted by molar-refractivity contribution is -0.122. The van der Waals surface area contributed by atoms with Crippen LogP contribution in [0.25, 0.3) is 0 Å². The highest BCUT2D eigenvalue weighted by Crippen LogP contribution is 2.48. The van der Waals surface area contributed by atoms with E-state index in [9.17, 15) is 4.79 Å². The summed E-state index contributed by atoms with van der Waals surface area (Å²) in [5.74, 6) is 3.06. The summed E-state index contributed by atoms with van der Waals surface area (Å²) in [4.78, 5) is 11.1. The Bertz CT molecular complexity index is 310. The van der Waals surface area contributed by atoms with Crippen molar-refractivity contribution in [2.24, 2.45) is 29.4 Å². The second-order valence-corrected chi connectivity index (χ2v) is 6.79.